The smallest absolute Gasteiger partial charge is 0.306 e. The molecule has 0 rings (SSSR count). The van der Waals surface area contributed by atoms with E-state index in [1.165, 1.54) is 173 Å². The summed E-state index contributed by atoms with van der Waals surface area (Å²) in [6.07, 6.45) is 89.9. The zero-order chi connectivity index (χ0) is 57.1. The highest BCUT2D eigenvalue weighted by molar-refractivity contribution is 5.71. The van der Waals surface area contributed by atoms with Crippen molar-refractivity contribution in [3.8, 4) is 0 Å². The van der Waals surface area contributed by atoms with Gasteiger partial charge in [0.2, 0.25) is 0 Å². The molecule has 0 amide bonds. The average molecular weight is 1100 g/mol. The topological polar surface area (TPSA) is 78.9 Å². The minimum atomic E-state index is -0.789. The van der Waals surface area contributed by atoms with Crippen LogP contribution in [-0.4, -0.2) is 37.2 Å². The van der Waals surface area contributed by atoms with Gasteiger partial charge in [0.05, 0.1) is 0 Å². The molecular formula is C73H126O6. The average Bonchev–Trinajstić information content (AvgIpc) is 3.45. The van der Waals surface area contributed by atoms with E-state index in [0.717, 1.165) is 116 Å². The van der Waals surface area contributed by atoms with E-state index in [1.54, 1.807) is 0 Å². The first-order valence-corrected chi connectivity index (χ1v) is 33.7. The fourth-order valence-electron chi connectivity index (χ4n) is 9.50. The molecule has 6 nitrogen and oxygen atoms in total. The maximum absolute atomic E-state index is 12.9. The highest BCUT2D eigenvalue weighted by atomic mass is 16.6. The van der Waals surface area contributed by atoms with Crippen LogP contribution in [-0.2, 0) is 28.6 Å². The van der Waals surface area contributed by atoms with Gasteiger partial charge in [0.15, 0.2) is 6.10 Å². The summed E-state index contributed by atoms with van der Waals surface area (Å²) in [5.41, 5.74) is 0. The Hall–Kier alpha value is -3.67. The molecule has 0 aliphatic carbocycles. The maximum atomic E-state index is 12.9. The summed E-state index contributed by atoms with van der Waals surface area (Å²) in [5, 5.41) is 0. The summed E-state index contributed by atoms with van der Waals surface area (Å²) in [6, 6.07) is 0. The molecule has 454 valence electrons. The Morgan fingerprint density at radius 2 is 0.494 bits per heavy atom. The number of ether oxygens (including phenoxy) is 3. The Labute approximate surface area is 489 Å². The van der Waals surface area contributed by atoms with Crippen molar-refractivity contribution in [2.75, 3.05) is 13.2 Å². The highest BCUT2D eigenvalue weighted by Gasteiger charge is 2.19. The SMILES string of the molecule is CC/C=C\C/C=C\C/C=C\C/C=C\CCCCCCCCCCCCCCCCC(=O)OCC(COC(=O)CCCCCCC/C=C\C/C=C\CCCCCC)OC(=O)CCCCCCCCC/C=C\C/C=C\CCCCCC. The predicted molar refractivity (Wildman–Crippen MR) is 344 cm³/mol. The number of esters is 3. The highest BCUT2D eigenvalue weighted by Crippen LogP contribution is 2.16. The van der Waals surface area contributed by atoms with E-state index in [2.05, 4.69) is 118 Å². The van der Waals surface area contributed by atoms with E-state index >= 15 is 0 Å². The van der Waals surface area contributed by atoms with Gasteiger partial charge in [0, 0.05) is 19.3 Å². The summed E-state index contributed by atoms with van der Waals surface area (Å²) in [5.74, 6) is -0.893. The number of rotatable bonds is 61. The largest absolute Gasteiger partial charge is 0.462 e. The molecule has 0 radical (unpaired) electrons. The quantitative estimate of drug-likeness (QED) is 0.0261. The maximum Gasteiger partial charge on any atom is 0.306 e. The van der Waals surface area contributed by atoms with Crippen LogP contribution in [0.4, 0.5) is 0 Å². The summed E-state index contributed by atoms with van der Waals surface area (Å²) in [7, 11) is 0. The van der Waals surface area contributed by atoms with E-state index in [9.17, 15) is 14.4 Å². The fourth-order valence-corrected chi connectivity index (χ4v) is 9.50. The second-order valence-corrected chi connectivity index (χ2v) is 22.3. The molecule has 0 spiro atoms. The van der Waals surface area contributed by atoms with Crippen LogP contribution in [0.1, 0.15) is 329 Å². The summed E-state index contributed by atoms with van der Waals surface area (Å²) < 4.78 is 17.0. The molecule has 0 saturated heterocycles. The Morgan fingerprint density at radius 3 is 0.772 bits per heavy atom. The van der Waals surface area contributed by atoms with Gasteiger partial charge in [-0.1, -0.05) is 285 Å². The molecule has 0 aliphatic rings. The zero-order valence-electron chi connectivity index (χ0n) is 52.1. The van der Waals surface area contributed by atoms with Gasteiger partial charge in [-0.25, -0.2) is 0 Å². The third-order valence-corrected chi connectivity index (χ3v) is 14.5. The second kappa shape index (κ2) is 66.8. The van der Waals surface area contributed by atoms with Crippen LogP contribution in [0.25, 0.3) is 0 Å². The number of carbonyl (C=O) groups excluding carboxylic acids is 3. The lowest BCUT2D eigenvalue weighted by atomic mass is 10.0. The van der Waals surface area contributed by atoms with Crippen LogP contribution < -0.4 is 0 Å². The Kier molecular flexibility index (Phi) is 63.7. The molecule has 79 heavy (non-hydrogen) atoms. The molecule has 0 saturated carbocycles. The molecule has 0 aromatic carbocycles. The first-order valence-electron chi connectivity index (χ1n) is 33.7. The molecule has 0 fully saturated rings. The number of carbonyl (C=O) groups is 3. The third kappa shape index (κ3) is 65.0. The summed E-state index contributed by atoms with van der Waals surface area (Å²) >= 11 is 0. The fraction of sp³-hybridized carbons (Fsp3) is 0.740. The lowest BCUT2D eigenvalue weighted by Gasteiger charge is -2.18. The molecule has 0 aromatic rings. The van der Waals surface area contributed by atoms with E-state index < -0.39 is 6.10 Å². The Bertz CT molecular complexity index is 1540. The number of hydrogen-bond donors (Lipinski definition) is 0. The van der Waals surface area contributed by atoms with Crippen molar-refractivity contribution < 1.29 is 28.6 Å². The van der Waals surface area contributed by atoms with Crippen LogP contribution in [0.3, 0.4) is 0 Å². The van der Waals surface area contributed by atoms with Gasteiger partial charge in [-0.2, -0.15) is 0 Å². The van der Waals surface area contributed by atoms with Crippen molar-refractivity contribution in [2.24, 2.45) is 0 Å². The minimum Gasteiger partial charge on any atom is -0.462 e. The van der Waals surface area contributed by atoms with Crippen molar-refractivity contribution >= 4 is 17.9 Å². The lowest BCUT2D eigenvalue weighted by molar-refractivity contribution is -0.167. The molecule has 6 heteroatoms. The molecule has 1 unspecified atom stereocenters. The zero-order valence-corrected chi connectivity index (χ0v) is 52.1. The first-order chi connectivity index (χ1) is 39.0. The minimum absolute atomic E-state index is 0.0840. The van der Waals surface area contributed by atoms with Crippen molar-refractivity contribution in [3.63, 3.8) is 0 Å². The molecule has 0 N–H and O–H groups in total. The lowest BCUT2D eigenvalue weighted by Crippen LogP contribution is -2.30. The number of hydrogen-bond acceptors (Lipinski definition) is 6. The van der Waals surface area contributed by atoms with E-state index in [4.69, 9.17) is 14.2 Å². The van der Waals surface area contributed by atoms with E-state index in [0.29, 0.717) is 19.3 Å². The van der Waals surface area contributed by atoms with Gasteiger partial charge in [-0.05, 0) is 122 Å². The van der Waals surface area contributed by atoms with Crippen molar-refractivity contribution in [1.82, 2.24) is 0 Å². The van der Waals surface area contributed by atoms with Gasteiger partial charge < -0.3 is 14.2 Å². The van der Waals surface area contributed by atoms with Crippen LogP contribution in [0.15, 0.2) is 97.2 Å². The van der Waals surface area contributed by atoms with Gasteiger partial charge in [-0.3, -0.25) is 14.4 Å². The van der Waals surface area contributed by atoms with Crippen LogP contribution in [0, 0.1) is 0 Å². The molecule has 0 aliphatic heterocycles. The van der Waals surface area contributed by atoms with E-state index in [-0.39, 0.29) is 31.1 Å². The van der Waals surface area contributed by atoms with Crippen LogP contribution in [0.2, 0.25) is 0 Å². The van der Waals surface area contributed by atoms with Crippen LogP contribution >= 0.6 is 0 Å². The van der Waals surface area contributed by atoms with Gasteiger partial charge in [-0.15, -0.1) is 0 Å². The normalized spacial score (nSPS) is 12.7. The Balaban J connectivity index is 4.33. The standard InChI is InChI=1S/C73H126O6/c1-4-7-10-13-16-19-22-25-28-31-33-34-35-36-37-38-39-40-41-43-45-48-51-54-57-60-63-66-72(75)78-69-70(68-77-71(74)65-62-59-56-53-50-47-44-30-27-24-21-18-15-12-9-6-3)79-73(76)67-64-61-58-55-52-49-46-42-32-29-26-23-20-17-14-11-8-5-2/h7,10,16,19-21,23-25,28-30,32-34,44,70H,4-6,8-9,11-15,17-18,22,26-27,31,35-43,45-69H2,1-3H3/b10-7-,19-16-,23-20-,24-21-,28-25-,32-29-,34-33-,44-30-. The monoisotopic (exact) mass is 1100 g/mol. The number of unbranched alkanes of at least 4 members (excludes halogenated alkanes) is 34. The Morgan fingerprint density at radius 1 is 0.266 bits per heavy atom. The van der Waals surface area contributed by atoms with Crippen molar-refractivity contribution in [1.29, 1.82) is 0 Å². The molecule has 0 aromatic heterocycles. The molecule has 1 atom stereocenters. The van der Waals surface area contributed by atoms with E-state index in [1.807, 2.05) is 0 Å². The molecular weight excluding hydrogens is 973 g/mol. The van der Waals surface area contributed by atoms with Gasteiger partial charge in [0.1, 0.15) is 13.2 Å². The first kappa shape index (κ1) is 75.3. The van der Waals surface area contributed by atoms with Crippen LogP contribution in [0.5, 0.6) is 0 Å². The second-order valence-electron chi connectivity index (χ2n) is 22.3. The number of allylic oxidation sites excluding steroid dienone is 16. The third-order valence-electron chi connectivity index (χ3n) is 14.5. The molecule has 0 bridgehead atoms. The summed E-state index contributed by atoms with van der Waals surface area (Å²) in [6.45, 7) is 6.51. The van der Waals surface area contributed by atoms with Crippen molar-refractivity contribution in [3.05, 3.63) is 97.2 Å². The van der Waals surface area contributed by atoms with Crippen molar-refractivity contribution in [2.45, 2.75) is 335 Å². The van der Waals surface area contributed by atoms with Gasteiger partial charge in [0.25, 0.3) is 0 Å². The molecule has 0 heterocycles. The summed E-state index contributed by atoms with van der Waals surface area (Å²) in [4.78, 5) is 38.4. The van der Waals surface area contributed by atoms with Gasteiger partial charge >= 0.3 is 17.9 Å². The predicted octanol–water partition coefficient (Wildman–Crippen LogP) is 23.2.